The SMILES string of the molecule is COc1ccc(C(=O)N/N=C(/C)CC(N)=O)cc1. The molecule has 18 heavy (non-hydrogen) atoms. The Labute approximate surface area is 105 Å². The molecule has 0 unspecified atom stereocenters. The molecule has 0 fully saturated rings. The fourth-order valence-corrected chi connectivity index (χ4v) is 1.24. The van der Waals surface area contributed by atoms with E-state index in [9.17, 15) is 9.59 Å². The topological polar surface area (TPSA) is 93.8 Å². The molecule has 6 nitrogen and oxygen atoms in total. The van der Waals surface area contributed by atoms with E-state index >= 15 is 0 Å². The van der Waals surface area contributed by atoms with E-state index < -0.39 is 5.91 Å². The Morgan fingerprint density at radius 3 is 2.44 bits per heavy atom. The molecular formula is C12H15N3O3. The number of rotatable bonds is 5. The summed E-state index contributed by atoms with van der Waals surface area (Å²) < 4.78 is 4.98. The maximum Gasteiger partial charge on any atom is 0.271 e. The number of methoxy groups -OCH3 is 1. The zero-order valence-corrected chi connectivity index (χ0v) is 10.3. The first-order valence-corrected chi connectivity index (χ1v) is 5.28. The van der Waals surface area contributed by atoms with Gasteiger partial charge in [-0.3, -0.25) is 9.59 Å². The molecule has 2 amide bonds. The van der Waals surface area contributed by atoms with E-state index in [1.54, 1.807) is 38.3 Å². The molecule has 1 aromatic carbocycles. The van der Waals surface area contributed by atoms with Gasteiger partial charge < -0.3 is 10.5 Å². The summed E-state index contributed by atoms with van der Waals surface area (Å²) in [4.78, 5) is 22.3. The van der Waals surface area contributed by atoms with Crippen LogP contribution in [0.2, 0.25) is 0 Å². The minimum absolute atomic E-state index is 0.0168. The molecule has 0 aliphatic heterocycles. The van der Waals surface area contributed by atoms with Crippen LogP contribution in [-0.2, 0) is 4.79 Å². The van der Waals surface area contributed by atoms with Crippen molar-refractivity contribution in [2.24, 2.45) is 10.8 Å². The van der Waals surface area contributed by atoms with E-state index in [4.69, 9.17) is 10.5 Å². The largest absolute Gasteiger partial charge is 0.497 e. The van der Waals surface area contributed by atoms with E-state index in [1.807, 2.05) is 0 Å². The maximum absolute atomic E-state index is 11.7. The van der Waals surface area contributed by atoms with E-state index in [0.29, 0.717) is 17.0 Å². The molecule has 1 rings (SSSR count). The summed E-state index contributed by atoms with van der Waals surface area (Å²) in [5, 5.41) is 3.77. The van der Waals surface area contributed by atoms with Gasteiger partial charge in [0.05, 0.1) is 13.5 Å². The predicted octanol–water partition coefficient (Wildman–Crippen LogP) is 0.676. The predicted molar refractivity (Wildman–Crippen MR) is 67.4 cm³/mol. The molecule has 0 aromatic heterocycles. The highest BCUT2D eigenvalue weighted by molar-refractivity contribution is 6.00. The summed E-state index contributed by atoms with van der Waals surface area (Å²) in [6.45, 7) is 1.61. The van der Waals surface area contributed by atoms with Gasteiger partial charge in [-0.05, 0) is 31.2 Å². The first kappa shape index (κ1) is 13.7. The Morgan fingerprint density at radius 2 is 1.94 bits per heavy atom. The number of hydrogen-bond donors (Lipinski definition) is 2. The van der Waals surface area contributed by atoms with Crippen molar-refractivity contribution < 1.29 is 14.3 Å². The van der Waals surface area contributed by atoms with Crippen molar-refractivity contribution in [1.82, 2.24) is 5.43 Å². The molecule has 6 heteroatoms. The lowest BCUT2D eigenvalue weighted by atomic mass is 10.2. The lowest BCUT2D eigenvalue weighted by Crippen LogP contribution is -2.21. The van der Waals surface area contributed by atoms with Crippen LogP contribution in [0.3, 0.4) is 0 Å². The third-order valence-electron chi connectivity index (χ3n) is 2.13. The lowest BCUT2D eigenvalue weighted by molar-refractivity contribution is -0.116. The Hall–Kier alpha value is -2.37. The van der Waals surface area contributed by atoms with Gasteiger partial charge in [0.25, 0.3) is 5.91 Å². The molecule has 0 aliphatic rings. The smallest absolute Gasteiger partial charge is 0.271 e. The van der Waals surface area contributed by atoms with E-state index in [0.717, 1.165) is 0 Å². The van der Waals surface area contributed by atoms with Crippen LogP contribution in [0.4, 0.5) is 0 Å². The quantitative estimate of drug-likeness (QED) is 0.593. The van der Waals surface area contributed by atoms with Crippen molar-refractivity contribution in [3.05, 3.63) is 29.8 Å². The number of nitrogens with one attached hydrogen (secondary N) is 1. The lowest BCUT2D eigenvalue weighted by Gasteiger charge is -2.03. The van der Waals surface area contributed by atoms with Crippen LogP contribution in [0.15, 0.2) is 29.4 Å². The molecule has 0 radical (unpaired) electrons. The number of nitrogens with zero attached hydrogens (tertiary/aromatic N) is 1. The summed E-state index contributed by atoms with van der Waals surface area (Å²) >= 11 is 0. The Bertz CT molecular complexity index is 466. The number of primary amides is 1. The summed E-state index contributed by atoms with van der Waals surface area (Å²) in [6.07, 6.45) is 0.0168. The molecule has 0 heterocycles. The zero-order chi connectivity index (χ0) is 13.5. The monoisotopic (exact) mass is 249 g/mol. The molecule has 1 aromatic rings. The van der Waals surface area contributed by atoms with Gasteiger partial charge in [0.15, 0.2) is 0 Å². The fraction of sp³-hybridized carbons (Fsp3) is 0.250. The van der Waals surface area contributed by atoms with Crippen molar-refractivity contribution in [1.29, 1.82) is 0 Å². The number of amides is 2. The van der Waals surface area contributed by atoms with Gasteiger partial charge in [0.2, 0.25) is 5.91 Å². The van der Waals surface area contributed by atoms with Gasteiger partial charge in [-0.25, -0.2) is 5.43 Å². The Kier molecular flexibility index (Phi) is 4.86. The number of ether oxygens (including phenoxy) is 1. The highest BCUT2D eigenvalue weighted by atomic mass is 16.5. The van der Waals surface area contributed by atoms with Crippen LogP contribution in [0.25, 0.3) is 0 Å². The van der Waals surface area contributed by atoms with Gasteiger partial charge in [-0.2, -0.15) is 5.10 Å². The number of benzene rings is 1. The first-order valence-electron chi connectivity index (χ1n) is 5.28. The number of nitrogens with two attached hydrogens (primary N) is 1. The number of carbonyl (C=O) groups excluding carboxylic acids is 2. The van der Waals surface area contributed by atoms with Crippen molar-refractivity contribution in [3.63, 3.8) is 0 Å². The van der Waals surface area contributed by atoms with Gasteiger partial charge in [0, 0.05) is 11.3 Å². The molecule has 0 spiro atoms. The van der Waals surface area contributed by atoms with Crippen LogP contribution in [-0.4, -0.2) is 24.6 Å². The van der Waals surface area contributed by atoms with Crippen LogP contribution in [0, 0.1) is 0 Å². The summed E-state index contributed by atoms with van der Waals surface area (Å²) in [6, 6.07) is 6.59. The number of carbonyl (C=O) groups is 2. The average Bonchev–Trinajstić information content (AvgIpc) is 2.35. The van der Waals surface area contributed by atoms with Crippen LogP contribution < -0.4 is 15.9 Å². The van der Waals surface area contributed by atoms with Gasteiger partial charge in [-0.1, -0.05) is 0 Å². The van der Waals surface area contributed by atoms with Crippen LogP contribution >= 0.6 is 0 Å². The third-order valence-corrected chi connectivity index (χ3v) is 2.13. The summed E-state index contributed by atoms with van der Waals surface area (Å²) in [5.74, 6) is -0.184. The Balaban J connectivity index is 2.62. The highest BCUT2D eigenvalue weighted by Crippen LogP contribution is 2.10. The molecule has 0 atom stereocenters. The van der Waals surface area contributed by atoms with Crippen LogP contribution in [0.1, 0.15) is 23.7 Å². The normalized spacial score (nSPS) is 10.9. The maximum atomic E-state index is 11.7. The third kappa shape index (κ3) is 4.25. The van der Waals surface area contributed by atoms with Gasteiger partial charge >= 0.3 is 0 Å². The second-order valence-corrected chi connectivity index (χ2v) is 3.66. The summed E-state index contributed by atoms with van der Waals surface area (Å²) in [7, 11) is 1.55. The number of hydrogen-bond acceptors (Lipinski definition) is 4. The first-order chi connectivity index (χ1) is 8.52. The molecule has 0 saturated carbocycles. The van der Waals surface area contributed by atoms with Crippen LogP contribution in [0.5, 0.6) is 5.75 Å². The molecule has 3 N–H and O–H groups in total. The summed E-state index contributed by atoms with van der Waals surface area (Å²) in [5.41, 5.74) is 8.24. The second-order valence-electron chi connectivity index (χ2n) is 3.66. The number of hydrazone groups is 1. The molecule has 0 saturated heterocycles. The van der Waals surface area contributed by atoms with E-state index in [-0.39, 0.29) is 12.3 Å². The Morgan fingerprint density at radius 1 is 1.33 bits per heavy atom. The highest BCUT2D eigenvalue weighted by Gasteiger charge is 2.05. The van der Waals surface area contributed by atoms with Crippen molar-refractivity contribution in [3.8, 4) is 5.75 Å². The average molecular weight is 249 g/mol. The zero-order valence-electron chi connectivity index (χ0n) is 10.3. The minimum Gasteiger partial charge on any atom is -0.497 e. The fourth-order valence-electron chi connectivity index (χ4n) is 1.24. The van der Waals surface area contributed by atoms with Gasteiger partial charge in [-0.15, -0.1) is 0 Å². The molecule has 0 bridgehead atoms. The minimum atomic E-state index is -0.491. The molecular weight excluding hydrogens is 234 g/mol. The second kappa shape index (κ2) is 6.39. The standard InChI is InChI=1S/C12H15N3O3/c1-8(7-11(13)16)14-15-12(17)9-3-5-10(18-2)6-4-9/h3-6H,7H2,1-2H3,(H2,13,16)(H,15,17)/b14-8-. The van der Waals surface area contributed by atoms with Crippen molar-refractivity contribution >= 4 is 17.5 Å². The van der Waals surface area contributed by atoms with Crippen molar-refractivity contribution in [2.45, 2.75) is 13.3 Å². The van der Waals surface area contributed by atoms with Crippen molar-refractivity contribution in [2.75, 3.05) is 7.11 Å². The van der Waals surface area contributed by atoms with E-state index in [1.165, 1.54) is 0 Å². The molecule has 0 aliphatic carbocycles. The van der Waals surface area contributed by atoms with Gasteiger partial charge in [0.1, 0.15) is 5.75 Å². The molecule has 96 valence electrons. The van der Waals surface area contributed by atoms with E-state index in [2.05, 4.69) is 10.5 Å².